The minimum absolute atomic E-state index is 0.00925. The number of ether oxygens (including phenoxy) is 3. The number of amides is 1. The van der Waals surface area contributed by atoms with E-state index < -0.39 is 6.04 Å². The Morgan fingerprint density at radius 1 is 1.17 bits per heavy atom. The number of aromatic amines is 1. The number of fused-ring (bicyclic) bond motifs is 1. The average molecular weight is 492 g/mol. The number of benzene rings is 2. The van der Waals surface area contributed by atoms with E-state index in [0.29, 0.717) is 54.8 Å². The fourth-order valence-corrected chi connectivity index (χ4v) is 5.03. The molecule has 2 aliphatic rings. The molecule has 1 fully saturated rings. The van der Waals surface area contributed by atoms with Crippen LogP contribution < -0.4 is 9.47 Å². The van der Waals surface area contributed by atoms with Crippen molar-refractivity contribution < 1.29 is 24.1 Å². The number of para-hydroxylation sites is 1. The molecule has 0 spiro atoms. The summed E-state index contributed by atoms with van der Waals surface area (Å²) < 4.78 is 17.8. The number of hydrogen-bond acceptors (Lipinski definition) is 6. The van der Waals surface area contributed by atoms with Crippen molar-refractivity contribution in [2.45, 2.75) is 51.7 Å². The van der Waals surface area contributed by atoms with Crippen LogP contribution in [-0.2, 0) is 4.74 Å². The Balaban J connectivity index is 1.59. The number of hydrogen-bond donors (Lipinski definition) is 2. The van der Waals surface area contributed by atoms with Crippen LogP contribution in [0.1, 0.15) is 67.2 Å². The molecular weight excluding hydrogens is 458 g/mol. The van der Waals surface area contributed by atoms with Gasteiger partial charge in [-0.2, -0.15) is 5.10 Å². The Bertz CT molecular complexity index is 1220. The molecule has 2 aromatic carbocycles. The molecule has 3 heterocycles. The van der Waals surface area contributed by atoms with E-state index in [9.17, 15) is 9.90 Å². The third-order valence-electron chi connectivity index (χ3n) is 6.79. The lowest BCUT2D eigenvalue weighted by Crippen LogP contribution is -2.36. The average Bonchev–Trinajstić information content (AvgIpc) is 3.60. The van der Waals surface area contributed by atoms with E-state index >= 15 is 0 Å². The first-order valence-corrected chi connectivity index (χ1v) is 12.8. The van der Waals surface area contributed by atoms with Gasteiger partial charge in [0, 0.05) is 24.3 Å². The maximum atomic E-state index is 13.6. The van der Waals surface area contributed by atoms with Gasteiger partial charge in [-0.25, -0.2) is 0 Å². The summed E-state index contributed by atoms with van der Waals surface area (Å²) in [5.74, 6) is 1.33. The molecule has 1 aromatic heterocycles. The minimum atomic E-state index is -0.408. The van der Waals surface area contributed by atoms with Gasteiger partial charge in [-0.1, -0.05) is 31.5 Å². The molecule has 1 amide bonds. The SMILES string of the molecule is CCCCOc1ccc([C@H]2c3c(-c4ccccc4O)n[nH]c3C(=O)N2C[C@@H]2CCCO2)cc1OCC. The van der Waals surface area contributed by atoms with Gasteiger partial charge in [-0.05, 0) is 56.0 Å². The molecule has 0 aliphatic carbocycles. The number of aromatic nitrogens is 2. The highest BCUT2D eigenvalue weighted by atomic mass is 16.5. The minimum Gasteiger partial charge on any atom is -0.507 e. The first kappa shape index (κ1) is 24.2. The smallest absolute Gasteiger partial charge is 0.273 e. The lowest BCUT2D eigenvalue weighted by molar-refractivity contribution is 0.0495. The molecule has 3 aromatic rings. The summed E-state index contributed by atoms with van der Waals surface area (Å²) in [6, 6.07) is 12.5. The maximum absolute atomic E-state index is 13.6. The van der Waals surface area contributed by atoms with Gasteiger partial charge in [0.25, 0.3) is 5.91 Å². The predicted molar refractivity (Wildman–Crippen MR) is 136 cm³/mol. The molecular formula is C28H33N3O5. The van der Waals surface area contributed by atoms with E-state index in [4.69, 9.17) is 14.2 Å². The van der Waals surface area contributed by atoms with Crippen molar-refractivity contribution in [3.8, 4) is 28.5 Å². The van der Waals surface area contributed by atoms with E-state index in [0.717, 1.165) is 36.8 Å². The Hall–Kier alpha value is -3.52. The monoisotopic (exact) mass is 491 g/mol. The van der Waals surface area contributed by atoms with Gasteiger partial charge < -0.3 is 24.2 Å². The van der Waals surface area contributed by atoms with Crippen LogP contribution in [0.4, 0.5) is 0 Å². The van der Waals surface area contributed by atoms with E-state index in [-0.39, 0.29) is 17.8 Å². The van der Waals surface area contributed by atoms with Crippen molar-refractivity contribution in [1.29, 1.82) is 0 Å². The summed E-state index contributed by atoms with van der Waals surface area (Å²) in [4.78, 5) is 15.5. The molecule has 190 valence electrons. The highest BCUT2D eigenvalue weighted by Crippen LogP contribution is 2.46. The molecule has 8 nitrogen and oxygen atoms in total. The van der Waals surface area contributed by atoms with Crippen LogP contribution in [0.15, 0.2) is 42.5 Å². The summed E-state index contributed by atoms with van der Waals surface area (Å²) in [6.45, 7) is 6.37. The molecule has 2 N–H and O–H groups in total. The van der Waals surface area contributed by atoms with Gasteiger partial charge in [0.2, 0.25) is 0 Å². The van der Waals surface area contributed by atoms with E-state index in [1.807, 2.05) is 42.2 Å². The Morgan fingerprint density at radius 2 is 2.03 bits per heavy atom. The number of phenols is 1. The van der Waals surface area contributed by atoms with Gasteiger partial charge in [0.15, 0.2) is 11.5 Å². The van der Waals surface area contributed by atoms with Crippen LogP contribution in [0.5, 0.6) is 17.2 Å². The van der Waals surface area contributed by atoms with Crippen molar-refractivity contribution in [1.82, 2.24) is 15.1 Å². The number of carbonyl (C=O) groups excluding carboxylic acids is 1. The van der Waals surface area contributed by atoms with E-state index in [1.54, 1.807) is 12.1 Å². The largest absolute Gasteiger partial charge is 0.507 e. The van der Waals surface area contributed by atoms with Gasteiger partial charge in [0.1, 0.15) is 17.1 Å². The Kier molecular flexibility index (Phi) is 7.13. The van der Waals surface area contributed by atoms with Crippen molar-refractivity contribution in [3.63, 3.8) is 0 Å². The maximum Gasteiger partial charge on any atom is 0.273 e. The number of aromatic hydroxyl groups is 1. The number of carbonyl (C=O) groups is 1. The van der Waals surface area contributed by atoms with Crippen molar-refractivity contribution >= 4 is 5.91 Å². The summed E-state index contributed by atoms with van der Waals surface area (Å²) >= 11 is 0. The zero-order chi connectivity index (χ0) is 25.1. The zero-order valence-electron chi connectivity index (χ0n) is 20.8. The first-order valence-electron chi connectivity index (χ1n) is 12.8. The lowest BCUT2D eigenvalue weighted by atomic mass is 9.95. The van der Waals surface area contributed by atoms with Gasteiger partial charge in [-0.15, -0.1) is 0 Å². The highest BCUT2D eigenvalue weighted by Gasteiger charge is 2.44. The third kappa shape index (κ3) is 4.53. The summed E-state index contributed by atoms with van der Waals surface area (Å²) in [5.41, 5.74) is 3.23. The molecule has 0 saturated carbocycles. The normalized spacial score (nSPS) is 19.1. The van der Waals surface area contributed by atoms with Crippen molar-refractivity contribution in [3.05, 3.63) is 59.3 Å². The first-order chi connectivity index (χ1) is 17.6. The second-order valence-corrected chi connectivity index (χ2v) is 9.21. The summed E-state index contributed by atoms with van der Waals surface area (Å²) in [6.07, 6.45) is 3.91. The van der Waals surface area contributed by atoms with Crippen LogP contribution in [0, 0.1) is 0 Å². The molecule has 0 bridgehead atoms. The second kappa shape index (κ2) is 10.6. The molecule has 5 rings (SSSR count). The number of unbranched alkanes of at least 4 members (excludes halogenated alkanes) is 1. The summed E-state index contributed by atoms with van der Waals surface area (Å²) in [7, 11) is 0. The number of rotatable bonds is 10. The molecule has 2 atom stereocenters. The number of H-pyrrole nitrogens is 1. The fourth-order valence-electron chi connectivity index (χ4n) is 5.03. The Labute approximate surface area is 211 Å². The molecule has 2 aliphatic heterocycles. The van der Waals surface area contributed by atoms with Crippen LogP contribution >= 0.6 is 0 Å². The lowest BCUT2D eigenvalue weighted by Gasteiger charge is -2.29. The van der Waals surface area contributed by atoms with E-state index in [1.165, 1.54) is 0 Å². The van der Waals surface area contributed by atoms with Gasteiger partial charge in [-0.3, -0.25) is 9.89 Å². The van der Waals surface area contributed by atoms with E-state index in [2.05, 4.69) is 17.1 Å². The van der Waals surface area contributed by atoms with Gasteiger partial charge >= 0.3 is 0 Å². The van der Waals surface area contributed by atoms with Crippen LogP contribution in [-0.4, -0.2) is 58.6 Å². The zero-order valence-corrected chi connectivity index (χ0v) is 20.8. The molecule has 8 heteroatoms. The van der Waals surface area contributed by atoms with Gasteiger partial charge in [0.05, 0.1) is 25.4 Å². The predicted octanol–water partition coefficient (Wildman–Crippen LogP) is 5.08. The Morgan fingerprint density at radius 3 is 2.78 bits per heavy atom. The third-order valence-corrected chi connectivity index (χ3v) is 6.79. The molecule has 0 unspecified atom stereocenters. The number of nitrogens with zero attached hydrogens (tertiary/aromatic N) is 2. The van der Waals surface area contributed by atoms with Crippen LogP contribution in [0.25, 0.3) is 11.3 Å². The standard InChI is InChI=1S/C28H33N3O5/c1-3-5-14-36-22-13-12-18(16-23(22)34-4-2)27-24-25(20-10-6-7-11-21(20)32)29-30-26(24)28(33)31(27)17-19-9-8-15-35-19/h6-7,10-13,16,19,27,32H,3-5,8-9,14-15,17H2,1-2H3,(H,29,30)/t19-,27-/m0/s1. The number of nitrogens with one attached hydrogen (secondary N) is 1. The van der Waals surface area contributed by atoms with Crippen LogP contribution in [0.3, 0.4) is 0 Å². The summed E-state index contributed by atoms with van der Waals surface area (Å²) in [5, 5.41) is 18.0. The molecule has 1 saturated heterocycles. The van der Waals surface area contributed by atoms with Crippen molar-refractivity contribution in [2.75, 3.05) is 26.4 Å². The second-order valence-electron chi connectivity index (χ2n) is 9.21. The van der Waals surface area contributed by atoms with Crippen molar-refractivity contribution in [2.24, 2.45) is 0 Å². The fraction of sp³-hybridized carbons (Fsp3) is 0.429. The topological polar surface area (TPSA) is 96.9 Å². The molecule has 0 radical (unpaired) electrons. The van der Waals surface area contributed by atoms with Crippen LogP contribution in [0.2, 0.25) is 0 Å². The highest BCUT2D eigenvalue weighted by molar-refractivity contribution is 6.00. The molecule has 36 heavy (non-hydrogen) atoms. The quantitative estimate of drug-likeness (QED) is 0.384. The number of phenolic OH excluding ortho intramolecular Hbond substituents is 1.